The van der Waals surface area contributed by atoms with Crippen LogP contribution in [0.4, 0.5) is 4.39 Å². The van der Waals surface area contributed by atoms with Gasteiger partial charge in [0.05, 0.1) is 16.1 Å². The molecule has 1 fully saturated rings. The van der Waals surface area contributed by atoms with Crippen LogP contribution in [0.15, 0.2) is 41.6 Å². The Balaban J connectivity index is 0.00000225. The van der Waals surface area contributed by atoms with Crippen molar-refractivity contribution in [3.8, 4) is 0 Å². The van der Waals surface area contributed by atoms with Gasteiger partial charge in [-0.25, -0.2) is 12.8 Å². The topological polar surface area (TPSA) is 62.3 Å². The van der Waals surface area contributed by atoms with E-state index in [1.165, 1.54) is 4.31 Å². The molecule has 25 heavy (non-hydrogen) atoms. The first-order chi connectivity index (χ1) is 11.4. The largest absolute Gasteiger partial charge is 0.313 e. The summed E-state index contributed by atoms with van der Waals surface area (Å²) in [5.41, 5.74) is 0.752. The second-order valence-corrected chi connectivity index (χ2v) is 7.96. The number of aromatic nitrogens is 1. The average Bonchev–Trinajstić information content (AvgIpc) is 2.54. The van der Waals surface area contributed by atoms with E-state index in [0.29, 0.717) is 13.1 Å². The van der Waals surface area contributed by atoms with Crippen LogP contribution in [-0.2, 0) is 10.0 Å². The van der Waals surface area contributed by atoms with Crippen molar-refractivity contribution >= 4 is 45.6 Å². The van der Waals surface area contributed by atoms with Gasteiger partial charge in [0.15, 0.2) is 0 Å². The maximum Gasteiger partial charge on any atom is 0.246 e. The van der Waals surface area contributed by atoms with Crippen LogP contribution in [0.2, 0.25) is 10.0 Å². The highest BCUT2D eigenvalue weighted by molar-refractivity contribution is 7.89. The van der Waals surface area contributed by atoms with E-state index in [4.69, 9.17) is 23.2 Å². The Kier molecular flexibility index (Phi) is 6.64. The molecule has 3 rings (SSSR count). The summed E-state index contributed by atoms with van der Waals surface area (Å²) in [6, 6.07) is 4.99. The van der Waals surface area contributed by atoms with Crippen molar-refractivity contribution < 1.29 is 12.8 Å². The molecule has 10 heteroatoms. The van der Waals surface area contributed by atoms with E-state index in [9.17, 15) is 12.8 Å². The predicted octanol–water partition coefficient (Wildman–Crippen LogP) is 3.28. The van der Waals surface area contributed by atoms with Crippen LogP contribution in [0.25, 0.3) is 0 Å². The van der Waals surface area contributed by atoms with E-state index >= 15 is 0 Å². The molecule has 1 saturated heterocycles. The Labute approximate surface area is 161 Å². The molecule has 1 aromatic carbocycles. The number of halogens is 4. The summed E-state index contributed by atoms with van der Waals surface area (Å²) in [5.74, 6) is -0.687. The third-order valence-electron chi connectivity index (χ3n) is 3.79. The van der Waals surface area contributed by atoms with E-state index < -0.39 is 21.9 Å². The quantitative estimate of drug-likeness (QED) is 0.818. The lowest BCUT2D eigenvalue weighted by Crippen LogP contribution is -2.48. The van der Waals surface area contributed by atoms with Crippen LogP contribution in [0.3, 0.4) is 0 Å². The van der Waals surface area contributed by atoms with E-state index in [1.807, 2.05) is 0 Å². The molecule has 1 aliphatic rings. The van der Waals surface area contributed by atoms with Crippen molar-refractivity contribution in [1.29, 1.82) is 0 Å². The smallest absolute Gasteiger partial charge is 0.246 e. The number of sulfonamides is 1. The zero-order valence-corrected chi connectivity index (χ0v) is 16.0. The van der Waals surface area contributed by atoms with Gasteiger partial charge in [0.25, 0.3) is 0 Å². The minimum absolute atomic E-state index is 0. The van der Waals surface area contributed by atoms with Gasteiger partial charge in [-0.15, -0.1) is 12.4 Å². The fraction of sp³-hybridized carbons (Fsp3) is 0.267. The lowest BCUT2D eigenvalue weighted by molar-refractivity contribution is 0.271. The Bertz CT molecular complexity index is 829. The minimum Gasteiger partial charge on any atom is -0.313 e. The third-order valence-corrected chi connectivity index (χ3v) is 6.62. The van der Waals surface area contributed by atoms with Crippen molar-refractivity contribution in [2.24, 2.45) is 0 Å². The molecule has 1 aromatic heterocycles. The summed E-state index contributed by atoms with van der Waals surface area (Å²) < 4.78 is 40.9. The maximum atomic E-state index is 13.4. The highest BCUT2D eigenvalue weighted by Gasteiger charge is 2.37. The molecular formula is C15H15Cl3FN3O2S. The lowest BCUT2D eigenvalue weighted by Gasteiger charge is -2.35. The van der Waals surface area contributed by atoms with Gasteiger partial charge in [0, 0.05) is 32.0 Å². The molecule has 1 unspecified atom stereocenters. The summed E-state index contributed by atoms with van der Waals surface area (Å²) in [5, 5.41) is 2.70. The number of hydrogen-bond donors (Lipinski definition) is 1. The van der Waals surface area contributed by atoms with Crippen LogP contribution >= 0.6 is 35.6 Å². The summed E-state index contributed by atoms with van der Waals surface area (Å²) in [4.78, 5) is 3.77. The molecule has 2 aromatic rings. The fourth-order valence-corrected chi connectivity index (χ4v) is 5.48. The lowest BCUT2D eigenvalue weighted by atomic mass is 10.1. The molecule has 0 saturated carbocycles. The molecule has 0 bridgehead atoms. The van der Waals surface area contributed by atoms with E-state index in [2.05, 4.69) is 10.3 Å². The molecule has 1 N–H and O–H groups in total. The highest BCUT2D eigenvalue weighted by atomic mass is 35.5. The van der Waals surface area contributed by atoms with Crippen molar-refractivity contribution in [1.82, 2.24) is 14.6 Å². The SMILES string of the molecule is Cl.O=S(=O)(c1c(Cl)cc(F)cc1Cl)N1CCNCC1c1cccnc1. The van der Waals surface area contributed by atoms with E-state index in [-0.39, 0.29) is 33.9 Å². The first kappa shape index (κ1) is 20.4. The van der Waals surface area contributed by atoms with Gasteiger partial charge in [0.1, 0.15) is 10.7 Å². The predicted molar refractivity (Wildman–Crippen MR) is 97.4 cm³/mol. The van der Waals surface area contributed by atoms with Gasteiger partial charge in [-0.05, 0) is 23.8 Å². The molecule has 0 aliphatic carbocycles. The molecule has 1 aliphatic heterocycles. The average molecular weight is 427 g/mol. The number of nitrogens with one attached hydrogen (secondary N) is 1. The van der Waals surface area contributed by atoms with Crippen LogP contribution in [-0.4, -0.2) is 37.3 Å². The van der Waals surface area contributed by atoms with Gasteiger partial charge in [0.2, 0.25) is 10.0 Å². The zero-order chi connectivity index (χ0) is 17.3. The highest BCUT2D eigenvalue weighted by Crippen LogP contribution is 2.36. The molecule has 5 nitrogen and oxygen atoms in total. The molecule has 2 heterocycles. The fourth-order valence-electron chi connectivity index (χ4n) is 2.72. The Hall–Kier alpha value is -0.960. The summed E-state index contributed by atoms with van der Waals surface area (Å²) in [6.07, 6.45) is 3.24. The van der Waals surface area contributed by atoms with Crippen molar-refractivity contribution in [3.05, 3.63) is 58.1 Å². The van der Waals surface area contributed by atoms with Crippen LogP contribution in [0, 0.1) is 5.82 Å². The Morgan fingerprint density at radius 1 is 1.28 bits per heavy atom. The number of rotatable bonds is 3. The van der Waals surface area contributed by atoms with Gasteiger partial charge >= 0.3 is 0 Å². The number of pyridine rings is 1. The summed E-state index contributed by atoms with van der Waals surface area (Å²) in [6.45, 7) is 1.17. The van der Waals surface area contributed by atoms with Crippen LogP contribution in [0.1, 0.15) is 11.6 Å². The number of nitrogens with zero attached hydrogens (tertiary/aromatic N) is 2. The maximum absolute atomic E-state index is 13.4. The molecule has 136 valence electrons. The van der Waals surface area contributed by atoms with Crippen molar-refractivity contribution in [2.75, 3.05) is 19.6 Å². The number of benzene rings is 1. The van der Waals surface area contributed by atoms with E-state index in [0.717, 1.165) is 17.7 Å². The van der Waals surface area contributed by atoms with Gasteiger partial charge < -0.3 is 5.32 Å². The van der Waals surface area contributed by atoms with Crippen LogP contribution < -0.4 is 5.32 Å². The first-order valence-corrected chi connectivity index (χ1v) is 9.38. The third kappa shape index (κ3) is 4.07. The second-order valence-electron chi connectivity index (χ2n) is 5.32. The molecule has 1 atom stereocenters. The molecular weight excluding hydrogens is 412 g/mol. The normalized spacial score (nSPS) is 18.6. The molecule has 0 spiro atoms. The van der Waals surface area contributed by atoms with Crippen molar-refractivity contribution in [2.45, 2.75) is 10.9 Å². The molecule has 0 amide bonds. The second kappa shape index (κ2) is 8.16. The minimum atomic E-state index is -4.00. The van der Waals surface area contributed by atoms with Gasteiger partial charge in [-0.1, -0.05) is 29.3 Å². The van der Waals surface area contributed by atoms with Gasteiger partial charge in [-0.2, -0.15) is 4.31 Å². The Morgan fingerprint density at radius 2 is 1.96 bits per heavy atom. The zero-order valence-electron chi connectivity index (χ0n) is 12.8. The number of hydrogen-bond acceptors (Lipinski definition) is 4. The Morgan fingerprint density at radius 3 is 2.56 bits per heavy atom. The van der Waals surface area contributed by atoms with E-state index in [1.54, 1.807) is 24.5 Å². The summed E-state index contributed by atoms with van der Waals surface area (Å²) in [7, 11) is -4.00. The molecule has 0 radical (unpaired) electrons. The van der Waals surface area contributed by atoms with Crippen LogP contribution in [0.5, 0.6) is 0 Å². The van der Waals surface area contributed by atoms with Crippen molar-refractivity contribution in [3.63, 3.8) is 0 Å². The summed E-state index contributed by atoms with van der Waals surface area (Å²) >= 11 is 11.9. The standard InChI is InChI=1S/C15H14Cl2FN3O2S.ClH/c16-12-6-11(18)7-13(17)15(12)24(22,23)21-5-4-20-9-14(21)10-2-1-3-19-8-10;/h1-3,6-8,14,20H,4-5,9H2;1H. The van der Waals surface area contributed by atoms with Gasteiger partial charge in [-0.3, -0.25) is 4.98 Å². The monoisotopic (exact) mass is 425 g/mol. The first-order valence-electron chi connectivity index (χ1n) is 7.18. The number of piperazine rings is 1.